The van der Waals surface area contributed by atoms with Crippen molar-refractivity contribution in [3.05, 3.63) is 34.0 Å². The van der Waals surface area contributed by atoms with Crippen molar-refractivity contribution in [1.82, 2.24) is 14.2 Å². The Morgan fingerprint density at radius 1 is 1.24 bits per heavy atom. The predicted octanol–water partition coefficient (Wildman–Crippen LogP) is 3.75. The lowest BCUT2D eigenvalue weighted by atomic mass is 10.0. The van der Waals surface area contributed by atoms with Gasteiger partial charge in [-0.15, -0.1) is 0 Å². The average Bonchev–Trinajstić information content (AvgIpc) is 2.80. The van der Waals surface area contributed by atoms with Gasteiger partial charge >= 0.3 is 0 Å². The predicted molar refractivity (Wildman–Crippen MR) is 87.0 cm³/mol. The van der Waals surface area contributed by atoms with Crippen molar-refractivity contribution < 1.29 is 0 Å². The minimum Gasteiger partial charge on any atom is -0.293 e. The van der Waals surface area contributed by atoms with Crippen molar-refractivity contribution in [2.45, 2.75) is 66.3 Å². The van der Waals surface area contributed by atoms with Crippen LogP contribution >= 0.6 is 0 Å². The van der Waals surface area contributed by atoms with Crippen LogP contribution in [-0.2, 0) is 6.54 Å². The number of rotatable bonds is 6. The van der Waals surface area contributed by atoms with E-state index in [1.807, 2.05) is 23.6 Å². The Balaban J connectivity index is 2.58. The summed E-state index contributed by atoms with van der Waals surface area (Å²) in [5.74, 6) is 1.66. The lowest BCUT2D eigenvalue weighted by Crippen LogP contribution is -2.30. The molecular formula is C17H27N3O. The zero-order valence-corrected chi connectivity index (χ0v) is 13.9. The molecule has 4 heteroatoms. The third kappa shape index (κ3) is 3.20. The first kappa shape index (κ1) is 15.8. The molecule has 0 aliphatic heterocycles. The molecule has 4 nitrogen and oxygen atoms in total. The van der Waals surface area contributed by atoms with Gasteiger partial charge in [0.05, 0.1) is 0 Å². The Hall–Kier alpha value is -1.58. The Kier molecular flexibility index (Phi) is 4.86. The fourth-order valence-corrected chi connectivity index (χ4v) is 2.77. The molecule has 0 aliphatic rings. The van der Waals surface area contributed by atoms with E-state index in [2.05, 4.69) is 27.7 Å². The smallest absolute Gasteiger partial charge is 0.277 e. The maximum atomic E-state index is 12.8. The molecule has 21 heavy (non-hydrogen) atoms. The first-order valence-electron chi connectivity index (χ1n) is 8.04. The van der Waals surface area contributed by atoms with E-state index in [0.29, 0.717) is 17.4 Å². The van der Waals surface area contributed by atoms with E-state index >= 15 is 0 Å². The summed E-state index contributed by atoms with van der Waals surface area (Å²) in [5, 5.41) is 4.78. The van der Waals surface area contributed by atoms with Crippen LogP contribution < -0.4 is 5.56 Å². The summed E-state index contributed by atoms with van der Waals surface area (Å²) < 4.78 is 3.69. The molecule has 0 amide bonds. The molecule has 0 saturated carbocycles. The molecule has 0 aromatic carbocycles. The second-order valence-corrected chi connectivity index (χ2v) is 6.48. The zero-order valence-electron chi connectivity index (χ0n) is 13.9. The zero-order chi connectivity index (χ0) is 15.6. The fraction of sp³-hybridized carbons (Fsp3) is 0.647. The van der Waals surface area contributed by atoms with Crippen molar-refractivity contribution >= 4 is 5.52 Å². The van der Waals surface area contributed by atoms with Gasteiger partial charge in [-0.25, -0.2) is 4.52 Å². The summed E-state index contributed by atoms with van der Waals surface area (Å²) in [6, 6.07) is 3.84. The van der Waals surface area contributed by atoms with Gasteiger partial charge in [0, 0.05) is 18.2 Å². The van der Waals surface area contributed by atoms with Crippen LogP contribution in [0, 0.1) is 12.8 Å². The van der Waals surface area contributed by atoms with Gasteiger partial charge in [-0.1, -0.05) is 40.5 Å². The molecule has 2 aromatic rings. The van der Waals surface area contributed by atoms with Crippen molar-refractivity contribution in [2.24, 2.45) is 5.92 Å². The van der Waals surface area contributed by atoms with E-state index in [-0.39, 0.29) is 5.56 Å². The first-order chi connectivity index (χ1) is 9.95. The van der Waals surface area contributed by atoms with Gasteiger partial charge in [0.2, 0.25) is 0 Å². The Bertz CT molecular complexity index is 666. The third-order valence-corrected chi connectivity index (χ3v) is 3.97. The monoisotopic (exact) mass is 289 g/mol. The topological polar surface area (TPSA) is 39.3 Å². The highest BCUT2D eigenvalue weighted by molar-refractivity contribution is 5.46. The molecule has 0 unspecified atom stereocenters. The maximum Gasteiger partial charge on any atom is 0.277 e. The lowest BCUT2D eigenvalue weighted by molar-refractivity contribution is 0.451. The summed E-state index contributed by atoms with van der Waals surface area (Å²) in [4.78, 5) is 12.8. The van der Waals surface area contributed by atoms with Crippen LogP contribution in [0.2, 0.25) is 0 Å². The number of aromatic nitrogens is 3. The van der Waals surface area contributed by atoms with E-state index < -0.39 is 0 Å². The van der Waals surface area contributed by atoms with Crippen molar-refractivity contribution in [2.75, 3.05) is 0 Å². The van der Waals surface area contributed by atoms with Crippen molar-refractivity contribution in [3.63, 3.8) is 0 Å². The molecule has 0 fully saturated rings. The van der Waals surface area contributed by atoms with E-state index in [1.54, 1.807) is 4.52 Å². The summed E-state index contributed by atoms with van der Waals surface area (Å²) in [6.45, 7) is 11.4. The number of nitrogens with zero attached hydrogens (tertiary/aromatic N) is 3. The fourth-order valence-electron chi connectivity index (χ4n) is 2.77. The minimum atomic E-state index is 0.0881. The molecule has 0 N–H and O–H groups in total. The van der Waals surface area contributed by atoms with E-state index in [0.717, 1.165) is 24.5 Å². The molecule has 0 saturated heterocycles. The van der Waals surface area contributed by atoms with Gasteiger partial charge < -0.3 is 0 Å². The number of aryl methyl sites for hydroxylation is 1. The van der Waals surface area contributed by atoms with Gasteiger partial charge in [-0.3, -0.25) is 9.36 Å². The highest BCUT2D eigenvalue weighted by atomic mass is 16.1. The third-order valence-electron chi connectivity index (χ3n) is 3.97. The molecule has 0 radical (unpaired) electrons. The summed E-state index contributed by atoms with van der Waals surface area (Å²) in [6.07, 6.45) is 3.41. The van der Waals surface area contributed by atoms with Crippen LogP contribution in [0.5, 0.6) is 0 Å². The molecule has 116 valence electrons. The summed E-state index contributed by atoms with van der Waals surface area (Å²) in [7, 11) is 0. The van der Waals surface area contributed by atoms with Gasteiger partial charge in [0.1, 0.15) is 11.3 Å². The molecule has 1 atom stereocenters. The average molecular weight is 289 g/mol. The maximum absolute atomic E-state index is 12.8. The van der Waals surface area contributed by atoms with Gasteiger partial charge in [0.15, 0.2) is 0 Å². The second-order valence-electron chi connectivity index (χ2n) is 6.48. The normalized spacial score (nSPS) is 13.2. The van der Waals surface area contributed by atoms with Crippen LogP contribution in [0.4, 0.5) is 0 Å². The van der Waals surface area contributed by atoms with Crippen LogP contribution in [0.25, 0.3) is 5.52 Å². The molecule has 0 spiro atoms. The van der Waals surface area contributed by atoms with Crippen LogP contribution in [-0.4, -0.2) is 14.2 Å². The minimum absolute atomic E-state index is 0.0881. The Morgan fingerprint density at radius 3 is 2.57 bits per heavy atom. The highest BCUT2D eigenvalue weighted by Gasteiger charge is 2.18. The van der Waals surface area contributed by atoms with Gasteiger partial charge in [0.25, 0.3) is 5.56 Å². The Labute approximate surface area is 126 Å². The van der Waals surface area contributed by atoms with Crippen LogP contribution in [0.15, 0.2) is 16.9 Å². The van der Waals surface area contributed by atoms with E-state index in [4.69, 9.17) is 5.10 Å². The molecule has 0 bridgehead atoms. The molecule has 2 heterocycles. The van der Waals surface area contributed by atoms with E-state index in [1.165, 1.54) is 12.8 Å². The summed E-state index contributed by atoms with van der Waals surface area (Å²) >= 11 is 0. The second kappa shape index (κ2) is 6.46. The van der Waals surface area contributed by atoms with Crippen LogP contribution in [0.3, 0.4) is 0 Å². The van der Waals surface area contributed by atoms with Crippen molar-refractivity contribution in [1.29, 1.82) is 0 Å². The summed E-state index contributed by atoms with van der Waals surface area (Å²) in [5.41, 5.74) is 1.78. The molecule has 2 rings (SSSR count). The molecule has 2 aromatic heterocycles. The quantitative estimate of drug-likeness (QED) is 0.812. The lowest BCUT2D eigenvalue weighted by Gasteiger charge is -2.19. The largest absolute Gasteiger partial charge is 0.293 e. The number of hydrogen-bond acceptors (Lipinski definition) is 2. The van der Waals surface area contributed by atoms with Crippen LogP contribution in [0.1, 0.15) is 64.4 Å². The first-order valence-corrected chi connectivity index (χ1v) is 8.04. The standard InChI is InChI=1S/C17H27N3O/c1-6-7-8-13(4)16-18-20-14(5)9-10-15(20)17(21)19(16)11-12(2)3/h9-10,12-13H,6-8,11H2,1-5H3/t13-/m0/s1. The number of unbranched alkanes of at least 4 members (excludes halogenated alkanes) is 1. The molecule has 0 aliphatic carbocycles. The molecular weight excluding hydrogens is 262 g/mol. The highest BCUT2D eigenvalue weighted by Crippen LogP contribution is 2.20. The Morgan fingerprint density at radius 2 is 1.95 bits per heavy atom. The van der Waals surface area contributed by atoms with Gasteiger partial charge in [-0.2, -0.15) is 5.10 Å². The number of fused-ring (bicyclic) bond motifs is 1. The van der Waals surface area contributed by atoms with Gasteiger partial charge in [-0.05, 0) is 31.4 Å². The number of hydrogen-bond donors (Lipinski definition) is 0. The van der Waals surface area contributed by atoms with Crippen molar-refractivity contribution in [3.8, 4) is 0 Å². The van der Waals surface area contributed by atoms with E-state index in [9.17, 15) is 4.79 Å². The SMILES string of the molecule is CCCC[C@H](C)c1nn2c(C)ccc2c(=O)n1CC(C)C.